The number of carbonyl (C=O) groups excluding carboxylic acids is 1. The number of hydrogen-bond donors (Lipinski definition) is 1. The zero-order valence-electron chi connectivity index (χ0n) is 11.6. The van der Waals surface area contributed by atoms with Crippen LogP contribution in [0.5, 0.6) is 0 Å². The predicted molar refractivity (Wildman–Crippen MR) is 76.7 cm³/mol. The third kappa shape index (κ3) is 2.83. The largest absolute Gasteiger partial charge is 0.342 e. The molecule has 3 nitrogen and oxygen atoms in total. The molecule has 4 atom stereocenters. The van der Waals surface area contributed by atoms with Crippen LogP contribution < -0.4 is 5.73 Å². The predicted octanol–water partition coefficient (Wildman–Crippen LogP) is 2.43. The Hall–Kier alpha value is -0.280. The van der Waals surface area contributed by atoms with E-state index in [9.17, 15) is 4.79 Å². The van der Waals surface area contributed by atoms with E-state index in [0.717, 1.165) is 25.9 Å². The minimum atomic E-state index is 0. The Morgan fingerprint density at radius 2 is 1.72 bits per heavy atom. The van der Waals surface area contributed by atoms with Crippen molar-refractivity contribution >= 4 is 18.3 Å². The van der Waals surface area contributed by atoms with Crippen LogP contribution in [-0.2, 0) is 4.79 Å². The summed E-state index contributed by atoms with van der Waals surface area (Å²) in [5.41, 5.74) is 6.25. The third-order valence-corrected chi connectivity index (χ3v) is 4.56. The second-order valence-corrected chi connectivity index (χ2v) is 5.76. The quantitative estimate of drug-likeness (QED) is 0.837. The van der Waals surface area contributed by atoms with Crippen LogP contribution in [0.25, 0.3) is 0 Å². The summed E-state index contributed by atoms with van der Waals surface area (Å²) in [5, 5.41) is 0. The number of amides is 1. The van der Waals surface area contributed by atoms with E-state index in [1.165, 1.54) is 19.3 Å². The SMILES string of the molecule is CCCN(CCC)C(=O)C1C2CCC(C2)C1N.Cl. The summed E-state index contributed by atoms with van der Waals surface area (Å²) in [4.78, 5) is 14.6. The highest BCUT2D eigenvalue weighted by atomic mass is 35.5. The van der Waals surface area contributed by atoms with Gasteiger partial charge in [-0.05, 0) is 43.9 Å². The van der Waals surface area contributed by atoms with Gasteiger partial charge in [0.15, 0.2) is 0 Å². The average Bonchev–Trinajstić information content (AvgIpc) is 2.88. The summed E-state index contributed by atoms with van der Waals surface area (Å²) >= 11 is 0. The zero-order chi connectivity index (χ0) is 12.4. The van der Waals surface area contributed by atoms with Crippen molar-refractivity contribution in [3.05, 3.63) is 0 Å². The van der Waals surface area contributed by atoms with E-state index in [4.69, 9.17) is 5.73 Å². The van der Waals surface area contributed by atoms with E-state index in [1.54, 1.807) is 0 Å². The van der Waals surface area contributed by atoms with Gasteiger partial charge in [-0.15, -0.1) is 12.4 Å². The van der Waals surface area contributed by atoms with Crippen molar-refractivity contribution in [1.29, 1.82) is 0 Å². The highest BCUT2D eigenvalue weighted by Gasteiger charge is 2.49. The first-order chi connectivity index (χ1) is 8.19. The Labute approximate surface area is 117 Å². The van der Waals surface area contributed by atoms with Crippen molar-refractivity contribution in [2.45, 2.75) is 52.0 Å². The molecule has 18 heavy (non-hydrogen) atoms. The van der Waals surface area contributed by atoms with E-state index in [2.05, 4.69) is 13.8 Å². The van der Waals surface area contributed by atoms with Gasteiger partial charge >= 0.3 is 0 Å². The molecule has 4 heteroatoms. The summed E-state index contributed by atoms with van der Waals surface area (Å²) in [6, 6.07) is 0.137. The molecular weight excluding hydrogens is 248 g/mol. The molecule has 0 spiro atoms. The lowest BCUT2D eigenvalue weighted by atomic mass is 9.84. The first kappa shape index (κ1) is 15.8. The molecule has 0 aromatic carbocycles. The number of carbonyl (C=O) groups is 1. The molecule has 0 aliphatic heterocycles. The van der Waals surface area contributed by atoms with Crippen LogP contribution in [0.15, 0.2) is 0 Å². The lowest BCUT2D eigenvalue weighted by Crippen LogP contribution is -2.47. The Morgan fingerprint density at radius 3 is 2.17 bits per heavy atom. The minimum Gasteiger partial charge on any atom is -0.342 e. The van der Waals surface area contributed by atoms with Crippen LogP contribution in [0.4, 0.5) is 0 Å². The number of fused-ring (bicyclic) bond motifs is 2. The van der Waals surface area contributed by atoms with Crippen LogP contribution in [0.3, 0.4) is 0 Å². The maximum absolute atomic E-state index is 12.6. The molecule has 4 unspecified atom stereocenters. The van der Waals surface area contributed by atoms with Crippen molar-refractivity contribution in [3.63, 3.8) is 0 Å². The molecule has 0 aromatic rings. The van der Waals surface area contributed by atoms with Gasteiger partial charge in [-0.1, -0.05) is 13.8 Å². The molecule has 2 saturated carbocycles. The Balaban J connectivity index is 0.00000162. The van der Waals surface area contributed by atoms with E-state index in [-0.39, 0.29) is 24.4 Å². The lowest BCUT2D eigenvalue weighted by Gasteiger charge is -2.32. The number of rotatable bonds is 5. The molecule has 2 aliphatic rings. The normalized spacial score (nSPS) is 33.3. The number of nitrogens with zero attached hydrogens (tertiary/aromatic N) is 1. The van der Waals surface area contributed by atoms with Crippen molar-refractivity contribution in [1.82, 2.24) is 4.90 Å². The van der Waals surface area contributed by atoms with Gasteiger partial charge < -0.3 is 10.6 Å². The fraction of sp³-hybridized carbons (Fsp3) is 0.929. The Kier molecular flexibility index (Phi) is 5.93. The molecule has 106 valence electrons. The standard InChI is InChI=1S/C14H26N2O.ClH/c1-3-7-16(8-4-2)14(17)12-10-5-6-11(9-10)13(12)15;/h10-13H,3-9,15H2,1-2H3;1H. The van der Waals surface area contributed by atoms with Crippen molar-refractivity contribution in [3.8, 4) is 0 Å². The molecule has 2 N–H and O–H groups in total. The average molecular weight is 275 g/mol. The Morgan fingerprint density at radius 1 is 1.17 bits per heavy atom. The van der Waals surface area contributed by atoms with Crippen molar-refractivity contribution in [2.75, 3.05) is 13.1 Å². The summed E-state index contributed by atoms with van der Waals surface area (Å²) in [6.45, 7) is 6.06. The maximum Gasteiger partial charge on any atom is 0.227 e. The van der Waals surface area contributed by atoms with Gasteiger partial charge in [0.25, 0.3) is 0 Å². The van der Waals surface area contributed by atoms with Crippen LogP contribution in [-0.4, -0.2) is 29.9 Å². The van der Waals surface area contributed by atoms with E-state index in [1.807, 2.05) is 4.90 Å². The molecule has 2 fully saturated rings. The second kappa shape index (κ2) is 6.76. The smallest absolute Gasteiger partial charge is 0.227 e. The van der Waals surface area contributed by atoms with E-state index < -0.39 is 0 Å². The molecule has 1 amide bonds. The van der Waals surface area contributed by atoms with Gasteiger partial charge in [0.1, 0.15) is 0 Å². The van der Waals surface area contributed by atoms with Gasteiger partial charge in [-0.3, -0.25) is 4.79 Å². The lowest BCUT2D eigenvalue weighted by molar-refractivity contribution is -0.137. The minimum absolute atomic E-state index is 0. The maximum atomic E-state index is 12.6. The van der Waals surface area contributed by atoms with Crippen LogP contribution in [0.2, 0.25) is 0 Å². The third-order valence-electron chi connectivity index (χ3n) is 4.56. The van der Waals surface area contributed by atoms with Gasteiger partial charge in [0, 0.05) is 19.1 Å². The molecule has 2 rings (SSSR count). The van der Waals surface area contributed by atoms with Crippen molar-refractivity contribution in [2.24, 2.45) is 23.5 Å². The molecule has 2 aliphatic carbocycles. The first-order valence-electron chi connectivity index (χ1n) is 7.23. The molecular formula is C14H27ClN2O. The van der Waals surface area contributed by atoms with Gasteiger partial charge in [0.05, 0.1) is 5.92 Å². The molecule has 0 radical (unpaired) electrons. The van der Waals surface area contributed by atoms with Crippen LogP contribution >= 0.6 is 12.4 Å². The molecule has 0 aromatic heterocycles. The number of nitrogens with two attached hydrogens (primary N) is 1. The van der Waals surface area contributed by atoms with Gasteiger partial charge in [0.2, 0.25) is 5.91 Å². The zero-order valence-corrected chi connectivity index (χ0v) is 12.4. The van der Waals surface area contributed by atoms with Gasteiger partial charge in [-0.25, -0.2) is 0 Å². The van der Waals surface area contributed by atoms with Crippen LogP contribution in [0, 0.1) is 17.8 Å². The summed E-state index contributed by atoms with van der Waals surface area (Å²) in [5.74, 6) is 1.68. The fourth-order valence-electron chi connectivity index (χ4n) is 3.79. The van der Waals surface area contributed by atoms with Crippen LogP contribution in [0.1, 0.15) is 46.0 Å². The summed E-state index contributed by atoms with van der Waals surface area (Å²) < 4.78 is 0. The topological polar surface area (TPSA) is 46.3 Å². The highest BCUT2D eigenvalue weighted by Crippen LogP contribution is 2.48. The molecule has 2 bridgehead atoms. The second-order valence-electron chi connectivity index (χ2n) is 5.76. The van der Waals surface area contributed by atoms with Gasteiger partial charge in [-0.2, -0.15) is 0 Å². The van der Waals surface area contributed by atoms with E-state index >= 15 is 0 Å². The fourth-order valence-corrected chi connectivity index (χ4v) is 3.79. The van der Waals surface area contributed by atoms with E-state index in [0.29, 0.717) is 17.7 Å². The van der Waals surface area contributed by atoms with Crippen molar-refractivity contribution < 1.29 is 4.79 Å². The monoisotopic (exact) mass is 274 g/mol. The first-order valence-corrected chi connectivity index (χ1v) is 7.23. The Bertz CT molecular complexity index is 277. The summed E-state index contributed by atoms with van der Waals surface area (Å²) in [7, 11) is 0. The molecule has 0 heterocycles. The summed E-state index contributed by atoms with van der Waals surface area (Å²) in [6.07, 6.45) is 5.76. The number of halogens is 1. The number of hydrogen-bond acceptors (Lipinski definition) is 2. The molecule has 0 saturated heterocycles. The highest BCUT2D eigenvalue weighted by molar-refractivity contribution is 5.85.